The van der Waals surface area contributed by atoms with Gasteiger partial charge in [0.2, 0.25) is 5.95 Å². The Morgan fingerprint density at radius 1 is 1.32 bits per heavy atom. The molecule has 6 heteroatoms. The van der Waals surface area contributed by atoms with E-state index in [9.17, 15) is 0 Å². The molecule has 1 fully saturated rings. The molecule has 1 aliphatic rings. The maximum atomic E-state index is 5.72. The fraction of sp³-hybridized carbons (Fsp3) is 0.615. The topological polar surface area (TPSA) is 92.5 Å². The maximum absolute atomic E-state index is 5.72. The van der Waals surface area contributed by atoms with E-state index >= 15 is 0 Å². The Hall–Kier alpha value is -1.85. The molecule has 6 nitrogen and oxygen atoms in total. The molecular formula is C13H20N6. The molecule has 102 valence electrons. The van der Waals surface area contributed by atoms with Gasteiger partial charge in [-0.1, -0.05) is 13.8 Å². The summed E-state index contributed by atoms with van der Waals surface area (Å²) in [4.78, 5) is 8.42. The Morgan fingerprint density at radius 2 is 2.05 bits per heavy atom. The molecule has 19 heavy (non-hydrogen) atoms. The fourth-order valence-corrected chi connectivity index (χ4v) is 2.70. The number of nitrogens with zero attached hydrogens (tertiary/aromatic N) is 3. The van der Waals surface area contributed by atoms with Crippen molar-refractivity contribution in [3.8, 4) is 0 Å². The van der Waals surface area contributed by atoms with Gasteiger partial charge in [0, 0.05) is 6.04 Å². The van der Waals surface area contributed by atoms with Crippen molar-refractivity contribution < 1.29 is 0 Å². The number of aromatic nitrogens is 4. The first-order chi connectivity index (χ1) is 9.03. The monoisotopic (exact) mass is 260 g/mol. The molecule has 0 bridgehead atoms. The van der Waals surface area contributed by atoms with Crippen molar-refractivity contribution in [1.82, 2.24) is 20.2 Å². The van der Waals surface area contributed by atoms with Crippen molar-refractivity contribution in [3.63, 3.8) is 0 Å². The van der Waals surface area contributed by atoms with Gasteiger partial charge in [0.15, 0.2) is 5.65 Å². The number of anilines is 2. The number of nitrogens with two attached hydrogens (primary N) is 1. The highest BCUT2D eigenvalue weighted by Gasteiger charge is 2.27. The van der Waals surface area contributed by atoms with Crippen LogP contribution in [0.1, 0.15) is 39.5 Å². The summed E-state index contributed by atoms with van der Waals surface area (Å²) in [7, 11) is 0. The quantitative estimate of drug-likeness (QED) is 0.770. The summed E-state index contributed by atoms with van der Waals surface area (Å²) in [5.74, 6) is 1.07. The zero-order chi connectivity index (χ0) is 13.5. The number of H-pyrrole nitrogens is 1. The van der Waals surface area contributed by atoms with Crippen molar-refractivity contribution >= 4 is 22.8 Å². The lowest BCUT2D eigenvalue weighted by atomic mass is 9.75. The van der Waals surface area contributed by atoms with Crippen LogP contribution in [0.5, 0.6) is 0 Å². The molecule has 1 saturated carbocycles. The smallest absolute Gasteiger partial charge is 0.224 e. The molecule has 0 spiro atoms. The second-order valence-corrected chi connectivity index (χ2v) is 6.15. The van der Waals surface area contributed by atoms with Gasteiger partial charge in [-0.2, -0.15) is 15.1 Å². The highest BCUT2D eigenvalue weighted by molar-refractivity contribution is 5.86. The molecular weight excluding hydrogens is 240 g/mol. The van der Waals surface area contributed by atoms with Crippen LogP contribution in [0.15, 0.2) is 6.20 Å². The van der Waals surface area contributed by atoms with E-state index in [1.54, 1.807) is 6.20 Å². The molecule has 0 radical (unpaired) electrons. The molecule has 3 rings (SSSR count). The second-order valence-electron chi connectivity index (χ2n) is 6.15. The number of rotatable bonds is 2. The van der Waals surface area contributed by atoms with Crippen molar-refractivity contribution in [2.45, 2.75) is 45.6 Å². The summed E-state index contributed by atoms with van der Waals surface area (Å²) in [6.07, 6.45) is 6.54. The Balaban J connectivity index is 1.80. The molecule has 0 saturated heterocycles. The number of fused-ring (bicyclic) bond motifs is 1. The average Bonchev–Trinajstić information content (AvgIpc) is 2.80. The molecule has 2 heterocycles. The first-order valence-electron chi connectivity index (χ1n) is 6.77. The first kappa shape index (κ1) is 12.2. The van der Waals surface area contributed by atoms with Crippen LogP contribution >= 0.6 is 0 Å². The summed E-state index contributed by atoms with van der Waals surface area (Å²) in [5.41, 5.74) is 6.87. The zero-order valence-corrected chi connectivity index (χ0v) is 11.4. The Bertz CT molecular complexity index is 578. The SMILES string of the molecule is CC1(C)CCC(Nc2nc(N)nc3[nH]ncc23)CC1. The molecule has 2 aromatic rings. The summed E-state index contributed by atoms with van der Waals surface area (Å²) in [6, 6.07) is 0.459. The van der Waals surface area contributed by atoms with Crippen LogP contribution in [0.25, 0.3) is 11.0 Å². The number of aromatic amines is 1. The number of hydrogen-bond donors (Lipinski definition) is 3. The normalized spacial score (nSPS) is 19.7. The molecule has 4 N–H and O–H groups in total. The fourth-order valence-electron chi connectivity index (χ4n) is 2.70. The van der Waals surface area contributed by atoms with Crippen LogP contribution < -0.4 is 11.1 Å². The predicted octanol–water partition coefficient (Wildman–Crippen LogP) is 2.32. The van der Waals surface area contributed by atoms with E-state index in [0.717, 1.165) is 24.0 Å². The third-order valence-corrected chi connectivity index (χ3v) is 4.01. The number of hydrogen-bond acceptors (Lipinski definition) is 5. The Labute approximate surface area is 112 Å². The van der Waals surface area contributed by atoms with Crippen LogP contribution in [0.2, 0.25) is 0 Å². The molecule has 0 amide bonds. The summed E-state index contributed by atoms with van der Waals surface area (Å²) >= 11 is 0. The Kier molecular flexibility index (Phi) is 2.80. The van der Waals surface area contributed by atoms with Crippen LogP contribution in [-0.2, 0) is 0 Å². The van der Waals surface area contributed by atoms with Gasteiger partial charge in [0.25, 0.3) is 0 Å². The Morgan fingerprint density at radius 3 is 2.79 bits per heavy atom. The standard InChI is InChI=1S/C13H20N6/c1-13(2)5-3-8(4-6-13)16-10-9-7-15-19-11(9)18-12(14)17-10/h7-8H,3-6H2,1-2H3,(H4,14,15,16,17,18,19). The molecule has 0 aromatic carbocycles. The average molecular weight is 260 g/mol. The van der Waals surface area contributed by atoms with Crippen LogP contribution in [0.3, 0.4) is 0 Å². The van der Waals surface area contributed by atoms with Gasteiger partial charge in [0.05, 0.1) is 11.6 Å². The minimum Gasteiger partial charge on any atom is -0.368 e. The lowest BCUT2D eigenvalue weighted by molar-refractivity contribution is 0.232. The van der Waals surface area contributed by atoms with Crippen molar-refractivity contribution in [2.24, 2.45) is 5.41 Å². The van der Waals surface area contributed by atoms with Crippen molar-refractivity contribution in [1.29, 1.82) is 0 Å². The molecule has 0 aliphatic heterocycles. The molecule has 0 unspecified atom stereocenters. The summed E-state index contributed by atoms with van der Waals surface area (Å²) in [6.45, 7) is 4.67. The van der Waals surface area contributed by atoms with E-state index < -0.39 is 0 Å². The molecule has 1 aliphatic carbocycles. The number of nitrogen functional groups attached to an aromatic ring is 1. The highest BCUT2D eigenvalue weighted by Crippen LogP contribution is 2.36. The van der Waals surface area contributed by atoms with Gasteiger partial charge in [-0.05, 0) is 31.1 Å². The van der Waals surface area contributed by atoms with Crippen LogP contribution in [0.4, 0.5) is 11.8 Å². The van der Waals surface area contributed by atoms with Gasteiger partial charge in [-0.3, -0.25) is 5.10 Å². The van der Waals surface area contributed by atoms with Gasteiger partial charge in [-0.15, -0.1) is 0 Å². The van der Waals surface area contributed by atoms with Crippen LogP contribution in [0, 0.1) is 5.41 Å². The number of nitrogens with one attached hydrogen (secondary N) is 2. The third-order valence-electron chi connectivity index (χ3n) is 4.01. The zero-order valence-electron chi connectivity index (χ0n) is 11.4. The van der Waals surface area contributed by atoms with E-state index in [1.165, 1.54) is 12.8 Å². The molecule has 2 aromatic heterocycles. The third kappa shape index (κ3) is 2.47. The second kappa shape index (κ2) is 4.36. The lowest BCUT2D eigenvalue weighted by Crippen LogP contribution is -2.30. The van der Waals surface area contributed by atoms with E-state index in [0.29, 0.717) is 17.1 Å². The van der Waals surface area contributed by atoms with Gasteiger partial charge in [0.1, 0.15) is 5.82 Å². The van der Waals surface area contributed by atoms with E-state index in [-0.39, 0.29) is 5.95 Å². The first-order valence-corrected chi connectivity index (χ1v) is 6.77. The van der Waals surface area contributed by atoms with E-state index in [1.807, 2.05) is 0 Å². The maximum Gasteiger partial charge on any atom is 0.224 e. The van der Waals surface area contributed by atoms with E-state index in [2.05, 4.69) is 39.3 Å². The van der Waals surface area contributed by atoms with Gasteiger partial charge >= 0.3 is 0 Å². The van der Waals surface area contributed by atoms with Crippen LogP contribution in [-0.4, -0.2) is 26.2 Å². The summed E-state index contributed by atoms with van der Waals surface area (Å²) in [5, 5.41) is 11.2. The predicted molar refractivity (Wildman–Crippen MR) is 75.8 cm³/mol. The van der Waals surface area contributed by atoms with Gasteiger partial charge in [-0.25, -0.2) is 0 Å². The van der Waals surface area contributed by atoms with Crippen molar-refractivity contribution in [3.05, 3.63) is 6.20 Å². The highest BCUT2D eigenvalue weighted by atomic mass is 15.2. The largest absolute Gasteiger partial charge is 0.368 e. The summed E-state index contributed by atoms with van der Waals surface area (Å²) < 4.78 is 0. The lowest BCUT2D eigenvalue weighted by Gasteiger charge is -2.34. The van der Waals surface area contributed by atoms with Crippen molar-refractivity contribution in [2.75, 3.05) is 11.1 Å². The molecule has 0 atom stereocenters. The minimum atomic E-state index is 0.274. The van der Waals surface area contributed by atoms with E-state index in [4.69, 9.17) is 5.73 Å². The minimum absolute atomic E-state index is 0.274. The van der Waals surface area contributed by atoms with Gasteiger partial charge < -0.3 is 11.1 Å².